The van der Waals surface area contributed by atoms with Crippen molar-refractivity contribution in [3.8, 4) is 23.0 Å². The average Bonchev–Trinajstić information content (AvgIpc) is 3.46. The molecule has 0 radical (unpaired) electrons. The second-order valence-electron chi connectivity index (χ2n) is 8.08. The second-order valence-corrected chi connectivity index (χ2v) is 8.08. The number of aromatic nitrogens is 5. The van der Waals surface area contributed by atoms with Gasteiger partial charge in [-0.25, -0.2) is 14.4 Å². The Morgan fingerprint density at radius 1 is 0.895 bits per heavy atom. The van der Waals surface area contributed by atoms with Crippen molar-refractivity contribution in [3.63, 3.8) is 0 Å². The maximum atomic E-state index is 14.3. The molecule has 5 rings (SSSR count). The number of aromatic amines is 1. The molecule has 3 heterocycles. The Morgan fingerprint density at radius 2 is 1.66 bits per heavy atom. The van der Waals surface area contributed by atoms with Crippen molar-refractivity contribution in [2.75, 3.05) is 5.32 Å². The van der Waals surface area contributed by atoms with E-state index < -0.39 is 29.4 Å². The van der Waals surface area contributed by atoms with Crippen LogP contribution >= 0.6 is 0 Å². The molecular weight excluding hydrogens is 521 g/mol. The van der Waals surface area contributed by atoms with Crippen molar-refractivity contribution in [1.82, 2.24) is 24.5 Å². The van der Waals surface area contributed by atoms with Gasteiger partial charge in [0, 0.05) is 25.4 Å². The molecule has 196 valence electrons. The molecule has 0 spiro atoms. The Morgan fingerprint density at radius 3 is 2.34 bits per heavy atom. The Labute approximate surface area is 208 Å². The number of rotatable bonds is 5. The van der Waals surface area contributed by atoms with E-state index >= 15 is 0 Å². The molecule has 3 aromatic heterocycles. The van der Waals surface area contributed by atoms with E-state index in [1.165, 1.54) is 18.3 Å². The van der Waals surface area contributed by atoms with E-state index in [-0.39, 0.29) is 28.9 Å². The van der Waals surface area contributed by atoms with E-state index in [1.54, 1.807) is 29.8 Å². The van der Waals surface area contributed by atoms with E-state index in [9.17, 15) is 30.7 Å². The lowest BCUT2D eigenvalue weighted by molar-refractivity contribution is -0.141. The zero-order chi connectivity index (χ0) is 27.2. The van der Waals surface area contributed by atoms with Crippen LogP contribution in [0.4, 0.5) is 42.4 Å². The van der Waals surface area contributed by atoms with Crippen LogP contribution in [0.15, 0.2) is 60.9 Å². The summed E-state index contributed by atoms with van der Waals surface area (Å²) >= 11 is 0. The summed E-state index contributed by atoms with van der Waals surface area (Å²) in [6.45, 7) is 0. The fraction of sp³-hybridized carbons (Fsp3) is 0.125. The number of hydrogen-bond donors (Lipinski definition) is 2. The van der Waals surface area contributed by atoms with Crippen molar-refractivity contribution in [1.29, 1.82) is 0 Å². The predicted molar refractivity (Wildman–Crippen MR) is 122 cm³/mol. The number of ether oxygens (including phenoxy) is 1. The van der Waals surface area contributed by atoms with Crippen LogP contribution in [0.2, 0.25) is 0 Å². The SMILES string of the molecule is Cn1c(Nc2ccc(C(F)(F)F)cc2F)nc2cc(Oc3ccnc(-c4ncc(C(F)(F)F)[nH]4)c3)ccc21. The first-order valence-corrected chi connectivity index (χ1v) is 10.8. The number of alkyl halides is 6. The summed E-state index contributed by atoms with van der Waals surface area (Å²) in [6, 6.07) is 9.88. The van der Waals surface area contributed by atoms with Gasteiger partial charge in [0.05, 0.1) is 28.5 Å². The minimum Gasteiger partial charge on any atom is -0.457 e. The van der Waals surface area contributed by atoms with Crippen LogP contribution in [0.1, 0.15) is 11.3 Å². The van der Waals surface area contributed by atoms with Gasteiger partial charge in [0.2, 0.25) is 5.95 Å². The van der Waals surface area contributed by atoms with Crippen molar-refractivity contribution >= 4 is 22.7 Å². The molecule has 0 amide bonds. The monoisotopic (exact) mass is 536 g/mol. The Balaban J connectivity index is 1.38. The van der Waals surface area contributed by atoms with Crippen molar-refractivity contribution in [2.45, 2.75) is 12.4 Å². The van der Waals surface area contributed by atoms with Crippen molar-refractivity contribution in [3.05, 3.63) is 78.0 Å². The van der Waals surface area contributed by atoms with Gasteiger partial charge in [0.15, 0.2) is 5.82 Å². The van der Waals surface area contributed by atoms with Crippen LogP contribution in [0.25, 0.3) is 22.6 Å². The molecule has 0 saturated carbocycles. The third-order valence-electron chi connectivity index (χ3n) is 5.49. The summed E-state index contributed by atoms with van der Waals surface area (Å²) in [5.41, 5.74) is -1.15. The van der Waals surface area contributed by atoms with Gasteiger partial charge in [-0.15, -0.1) is 0 Å². The molecular formula is C24H15F7N6O. The van der Waals surface area contributed by atoms with E-state index in [0.717, 1.165) is 12.1 Å². The summed E-state index contributed by atoms with van der Waals surface area (Å²) in [6.07, 6.45) is -7.24. The first-order valence-electron chi connectivity index (χ1n) is 10.8. The number of imidazole rings is 2. The summed E-state index contributed by atoms with van der Waals surface area (Å²) in [7, 11) is 1.63. The molecule has 0 saturated heterocycles. The Hall–Kier alpha value is -4.62. The van der Waals surface area contributed by atoms with Crippen molar-refractivity contribution < 1.29 is 35.5 Å². The smallest absolute Gasteiger partial charge is 0.432 e. The fourth-order valence-corrected chi connectivity index (χ4v) is 3.60. The quantitative estimate of drug-likeness (QED) is 0.235. The van der Waals surface area contributed by atoms with E-state index in [2.05, 4.69) is 25.3 Å². The molecule has 14 heteroatoms. The fourth-order valence-electron chi connectivity index (χ4n) is 3.60. The third-order valence-corrected chi connectivity index (χ3v) is 5.49. The van der Waals surface area contributed by atoms with Crippen LogP contribution in [0, 0.1) is 5.82 Å². The molecule has 38 heavy (non-hydrogen) atoms. The van der Waals surface area contributed by atoms with E-state index in [0.29, 0.717) is 29.0 Å². The van der Waals surface area contributed by atoms with Crippen LogP contribution in [0.5, 0.6) is 11.5 Å². The lowest BCUT2D eigenvalue weighted by atomic mass is 10.2. The largest absolute Gasteiger partial charge is 0.457 e. The number of pyridine rings is 1. The topological polar surface area (TPSA) is 80.7 Å². The van der Waals surface area contributed by atoms with Gasteiger partial charge in [-0.05, 0) is 36.4 Å². The van der Waals surface area contributed by atoms with Gasteiger partial charge in [-0.1, -0.05) is 0 Å². The second kappa shape index (κ2) is 9.04. The first-order chi connectivity index (χ1) is 17.9. The number of aryl methyl sites for hydroxylation is 1. The number of fused-ring (bicyclic) bond motifs is 1. The molecule has 0 bridgehead atoms. The highest BCUT2D eigenvalue weighted by atomic mass is 19.4. The van der Waals surface area contributed by atoms with E-state index in [1.807, 2.05) is 0 Å². The van der Waals surface area contributed by atoms with Gasteiger partial charge < -0.3 is 19.6 Å². The normalized spacial score (nSPS) is 12.2. The van der Waals surface area contributed by atoms with Gasteiger partial charge in [0.1, 0.15) is 28.7 Å². The molecule has 0 aliphatic heterocycles. The molecule has 5 aromatic rings. The molecule has 7 nitrogen and oxygen atoms in total. The summed E-state index contributed by atoms with van der Waals surface area (Å²) in [5.74, 6) is -0.423. The summed E-state index contributed by atoms with van der Waals surface area (Å²) < 4.78 is 98.7. The van der Waals surface area contributed by atoms with Crippen LogP contribution in [-0.2, 0) is 19.4 Å². The van der Waals surface area contributed by atoms with Crippen LogP contribution in [0.3, 0.4) is 0 Å². The first kappa shape index (κ1) is 25.0. The predicted octanol–water partition coefficient (Wildman–Crippen LogP) is 7.07. The standard InChI is InChI=1S/C24H15F7N6O/c1-37-19-5-3-13(38-14-6-7-32-18(10-14)21-33-11-20(36-21)24(29,30)31)9-17(19)35-22(37)34-16-4-2-12(8-15(16)25)23(26,27)28/h2-11H,1H3,(H,33,36)(H,34,35). The van der Waals surface area contributed by atoms with Crippen LogP contribution < -0.4 is 10.1 Å². The minimum absolute atomic E-state index is 0.0887. The highest BCUT2D eigenvalue weighted by Gasteiger charge is 2.33. The minimum atomic E-state index is -4.67. The molecule has 0 aliphatic rings. The lowest BCUT2D eigenvalue weighted by Crippen LogP contribution is -2.07. The molecule has 0 fully saturated rings. The zero-order valence-corrected chi connectivity index (χ0v) is 19.1. The average molecular weight is 536 g/mol. The number of nitrogens with one attached hydrogen (secondary N) is 2. The Bertz CT molecular complexity index is 1640. The molecule has 0 atom stereocenters. The number of hydrogen-bond acceptors (Lipinski definition) is 5. The highest BCUT2D eigenvalue weighted by Crippen LogP contribution is 2.34. The number of anilines is 2. The number of nitrogens with zero attached hydrogens (tertiary/aromatic N) is 4. The highest BCUT2D eigenvalue weighted by molar-refractivity contribution is 5.81. The van der Waals surface area contributed by atoms with Gasteiger partial charge in [0.25, 0.3) is 0 Å². The molecule has 2 N–H and O–H groups in total. The molecule has 2 aromatic carbocycles. The summed E-state index contributed by atoms with van der Waals surface area (Å²) in [4.78, 5) is 14.3. The zero-order valence-electron chi connectivity index (χ0n) is 19.1. The molecule has 0 aliphatic carbocycles. The Kier molecular flexibility index (Phi) is 5.96. The number of benzene rings is 2. The molecule has 0 unspecified atom stereocenters. The van der Waals surface area contributed by atoms with E-state index in [4.69, 9.17) is 4.74 Å². The van der Waals surface area contributed by atoms with Gasteiger partial charge in [-0.3, -0.25) is 4.98 Å². The van der Waals surface area contributed by atoms with Gasteiger partial charge in [-0.2, -0.15) is 26.3 Å². The lowest BCUT2D eigenvalue weighted by Gasteiger charge is -2.10. The number of H-pyrrole nitrogens is 1. The van der Waals surface area contributed by atoms with Crippen molar-refractivity contribution in [2.24, 2.45) is 7.05 Å². The maximum absolute atomic E-state index is 14.3. The maximum Gasteiger partial charge on any atom is 0.432 e. The van der Waals surface area contributed by atoms with Crippen LogP contribution in [-0.4, -0.2) is 24.5 Å². The summed E-state index contributed by atoms with van der Waals surface area (Å²) in [5, 5.41) is 2.69. The third kappa shape index (κ3) is 4.96. The number of halogens is 7. The van der Waals surface area contributed by atoms with Gasteiger partial charge >= 0.3 is 12.4 Å².